The van der Waals surface area contributed by atoms with Crippen molar-refractivity contribution in [3.8, 4) is 0 Å². The van der Waals surface area contributed by atoms with Gasteiger partial charge in [-0.1, -0.05) is 90.9 Å². The van der Waals surface area contributed by atoms with Gasteiger partial charge in [0.1, 0.15) is 6.61 Å². The molecular formula is C23H45NO3. The Labute approximate surface area is 168 Å². The first-order chi connectivity index (χ1) is 13.1. The summed E-state index contributed by atoms with van der Waals surface area (Å²) >= 11 is 0. The Bertz CT molecular complexity index is 358. The van der Waals surface area contributed by atoms with Crippen LogP contribution < -0.4 is 0 Å². The number of hydrogen-bond donors (Lipinski definition) is 0. The van der Waals surface area contributed by atoms with Crippen molar-refractivity contribution in [1.82, 2.24) is 4.90 Å². The summed E-state index contributed by atoms with van der Waals surface area (Å²) in [5, 5.41) is 0. The Balaban J connectivity index is 3.47. The molecule has 27 heavy (non-hydrogen) atoms. The van der Waals surface area contributed by atoms with Crippen molar-refractivity contribution < 1.29 is 14.3 Å². The quantitative estimate of drug-likeness (QED) is 0.195. The molecule has 0 aromatic heterocycles. The lowest BCUT2D eigenvalue weighted by Gasteiger charge is -2.17. The predicted molar refractivity (Wildman–Crippen MR) is 114 cm³/mol. The van der Waals surface area contributed by atoms with E-state index < -0.39 is 0 Å². The minimum atomic E-state index is -0.127. The molecule has 0 atom stereocenters. The Hall–Kier alpha value is -1.06. The molecule has 0 bridgehead atoms. The summed E-state index contributed by atoms with van der Waals surface area (Å²) in [6.45, 7) is 5.24. The largest absolute Gasteiger partial charge is 0.464 e. The zero-order chi connectivity index (χ0) is 20.2. The minimum Gasteiger partial charge on any atom is -0.464 e. The Kier molecular flexibility index (Phi) is 18.9. The molecule has 0 spiro atoms. The summed E-state index contributed by atoms with van der Waals surface area (Å²) in [7, 11) is 1.79. The second-order valence-electron chi connectivity index (χ2n) is 7.78. The molecule has 4 nitrogen and oxygen atoms in total. The zero-order valence-corrected chi connectivity index (χ0v) is 18.4. The number of carbonyl (C=O) groups excluding carboxylic acids is 2. The summed E-state index contributed by atoms with van der Waals surface area (Å²) in [6, 6.07) is 0. The second-order valence-corrected chi connectivity index (χ2v) is 7.78. The van der Waals surface area contributed by atoms with E-state index in [2.05, 4.69) is 13.8 Å². The number of nitrogens with zero attached hydrogens (tertiary/aromatic N) is 1. The molecule has 0 rings (SSSR count). The molecule has 160 valence electrons. The van der Waals surface area contributed by atoms with Gasteiger partial charge in [0.2, 0.25) is 5.91 Å². The predicted octanol–water partition coefficient (Wildman–Crippen LogP) is 6.27. The Morgan fingerprint density at radius 1 is 0.667 bits per heavy atom. The highest BCUT2D eigenvalue weighted by molar-refractivity contribution is 5.75. The van der Waals surface area contributed by atoms with E-state index in [1.54, 1.807) is 11.9 Å². The summed E-state index contributed by atoms with van der Waals surface area (Å²) in [5.41, 5.74) is 0. The third-order valence-corrected chi connectivity index (χ3v) is 5.09. The van der Waals surface area contributed by atoms with Crippen LogP contribution in [0.4, 0.5) is 0 Å². The molecule has 1 amide bonds. The molecule has 0 aliphatic rings. The van der Waals surface area contributed by atoms with Gasteiger partial charge in [-0.15, -0.1) is 0 Å². The number of amides is 1. The molecular weight excluding hydrogens is 338 g/mol. The standard InChI is InChI=1S/C23H45NO3/c1-4-6-8-10-11-12-13-15-17-19-23(26)27-21-20-24(3)22(25)18-16-14-9-7-5-2/h4-21H2,1-3H3. The maximum atomic E-state index is 12.0. The number of likely N-dealkylation sites (N-methyl/N-ethyl adjacent to an activating group) is 1. The lowest BCUT2D eigenvalue weighted by atomic mass is 10.1. The van der Waals surface area contributed by atoms with Crippen molar-refractivity contribution in [2.75, 3.05) is 20.2 Å². The van der Waals surface area contributed by atoms with Crippen molar-refractivity contribution >= 4 is 11.9 Å². The van der Waals surface area contributed by atoms with Gasteiger partial charge in [-0.25, -0.2) is 0 Å². The SMILES string of the molecule is CCCCCCCCCCCC(=O)OCCN(C)C(=O)CCCCCCC. The third-order valence-electron chi connectivity index (χ3n) is 5.09. The van der Waals surface area contributed by atoms with Gasteiger partial charge >= 0.3 is 5.97 Å². The first kappa shape index (κ1) is 25.9. The van der Waals surface area contributed by atoms with Crippen LogP contribution in [-0.4, -0.2) is 37.0 Å². The third kappa shape index (κ3) is 18.1. The molecule has 0 saturated carbocycles. The number of hydrogen-bond acceptors (Lipinski definition) is 3. The molecule has 4 heteroatoms. The normalized spacial score (nSPS) is 10.8. The molecule has 0 aliphatic carbocycles. The van der Waals surface area contributed by atoms with Crippen LogP contribution in [0, 0.1) is 0 Å². The molecule has 0 saturated heterocycles. The molecule has 0 heterocycles. The van der Waals surface area contributed by atoms with Gasteiger partial charge < -0.3 is 9.64 Å². The first-order valence-corrected chi connectivity index (χ1v) is 11.5. The van der Waals surface area contributed by atoms with Crippen molar-refractivity contribution in [2.24, 2.45) is 0 Å². The number of carbonyl (C=O) groups is 2. The van der Waals surface area contributed by atoms with Crippen LogP contribution in [-0.2, 0) is 14.3 Å². The van der Waals surface area contributed by atoms with Gasteiger partial charge in [-0.3, -0.25) is 9.59 Å². The Morgan fingerprint density at radius 2 is 1.11 bits per heavy atom. The fourth-order valence-corrected chi connectivity index (χ4v) is 3.14. The number of unbranched alkanes of at least 4 members (excludes halogenated alkanes) is 12. The molecule has 0 aromatic carbocycles. The highest BCUT2D eigenvalue weighted by atomic mass is 16.5. The molecule has 0 radical (unpaired) electrons. The van der Waals surface area contributed by atoms with Gasteiger partial charge in [-0.2, -0.15) is 0 Å². The fraction of sp³-hybridized carbons (Fsp3) is 0.913. The van der Waals surface area contributed by atoms with Crippen LogP contribution in [0.25, 0.3) is 0 Å². The second kappa shape index (κ2) is 19.7. The molecule has 0 unspecified atom stereocenters. The number of esters is 1. The smallest absolute Gasteiger partial charge is 0.305 e. The van der Waals surface area contributed by atoms with Crippen molar-refractivity contribution in [1.29, 1.82) is 0 Å². The lowest BCUT2D eigenvalue weighted by molar-refractivity contribution is -0.145. The van der Waals surface area contributed by atoms with Crippen LogP contribution in [0.3, 0.4) is 0 Å². The van der Waals surface area contributed by atoms with E-state index in [0.29, 0.717) is 26.0 Å². The van der Waals surface area contributed by atoms with E-state index in [1.165, 1.54) is 64.2 Å². The average molecular weight is 384 g/mol. The Morgan fingerprint density at radius 3 is 1.63 bits per heavy atom. The van der Waals surface area contributed by atoms with Crippen LogP contribution in [0.15, 0.2) is 0 Å². The molecule has 0 fully saturated rings. The van der Waals surface area contributed by atoms with E-state index in [-0.39, 0.29) is 11.9 Å². The molecule has 0 N–H and O–H groups in total. The van der Waals surface area contributed by atoms with Crippen LogP contribution in [0.1, 0.15) is 117 Å². The van der Waals surface area contributed by atoms with Gasteiger partial charge in [0.05, 0.1) is 6.54 Å². The van der Waals surface area contributed by atoms with Crippen molar-refractivity contribution in [2.45, 2.75) is 117 Å². The summed E-state index contributed by atoms with van der Waals surface area (Å²) in [5.74, 6) is 0.0276. The fourth-order valence-electron chi connectivity index (χ4n) is 3.14. The van der Waals surface area contributed by atoms with E-state index in [1.807, 2.05) is 0 Å². The summed E-state index contributed by atoms with van der Waals surface area (Å²) in [4.78, 5) is 25.4. The first-order valence-electron chi connectivity index (χ1n) is 11.5. The number of ether oxygens (including phenoxy) is 1. The van der Waals surface area contributed by atoms with Crippen LogP contribution in [0.2, 0.25) is 0 Å². The molecule has 0 aromatic rings. The van der Waals surface area contributed by atoms with Crippen LogP contribution >= 0.6 is 0 Å². The topological polar surface area (TPSA) is 46.6 Å². The van der Waals surface area contributed by atoms with Gasteiger partial charge in [0, 0.05) is 19.9 Å². The van der Waals surface area contributed by atoms with Crippen molar-refractivity contribution in [3.05, 3.63) is 0 Å². The number of rotatable bonds is 19. The lowest BCUT2D eigenvalue weighted by Crippen LogP contribution is -2.30. The maximum absolute atomic E-state index is 12.0. The zero-order valence-electron chi connectivity index (χ0n) is 18.4. The highest BCUT2D eigenvalue weighted by Gasteiger charge is 2.09. The van der Waals surface area contributed by atoms with Gasteiger partial charge in [0.25, 0.3) is 0 Å². The maximum Gasteiger partial charge on any atom is 0.305 e. The minimum absolute atomic E-state index is 0.127. The summed E-state index contributed by atoms with van der Waals surface area (Å²) in [6.07, 6.45) is 18.1. The highest BCUT2D eigenvalue weighted by Crippen LogP contribution is 2.11. The summed E-state index contributed by atoms with van der Waals surface area (Å²) < 4.78 is 5.26. The van der Waals surface area contributed by atoms with Gasteiger partial charge in [-0.05, 0) is 12.8 Å². The van der Waals surface area contributed by atoms with E-state index in [9.17, 15) is 9.59 Å². The van der Waals surface area contributed by atoms with Crippen molar-refractivity contribution in [3.63, 3.8) is 0 Å². The van der Waals surface area contributed by atoms with E-state index >= 15 is 0 Å². The van der Waals surface area contributed by atoms with Gasteiger partial charge in [0.15, 0.2) is 0 Å². The average Bonchev–Trinajstić information content (AvgIpc) is 2.66. The van der Waals surface area contributed by atoms with E-state index in [4.69, 9.17) is 4.74 Å². The van der Waals surface area contributed by atoms with Crippen LogP contribution in [0.5, 0.6) is 0 Å². The van der Waals surface area contributed by atoms with E-state index in [0.717, 1.165) is 25.7 Å². The molecule has 0 aliphatic heterocycles. The monoisotopic (exact) mass is 383 g/mol.